The molecular weight excluding hydrogens is 307 g/mol. The van der Waals surface area contributed by atoms with Gasteiger partial charge in [0.25, 0.3) is 0 Å². The minimum atomic E-state index is -4.43. The summed E-state index contributed by atoms with van der Waals surface area (Å²) in [7, 11) is -1.61. The zero-order valence-electron chi connectivity index (χ0n) is 12.1. The summed E-state index contributed by atoms with van der Waals surface area (Å²) < 4.78 is 37.9. The van der Waals surface area contributed by atoms with Gasteiger partial charge in [0.15, 0.2) is 0 Å². The van der Waals surface area contributed by atoms with Crippen molar-refractivity contribution in [2.24, 2.45) is 0 Å². The Morgan fingerprint density at radius 2 is 1.91 bits per heavy atom. The molecule has 1 aliphatic rings. The molecule has 114 valence electrons. The molecule has 3 nitrogen and oxygen atoms in total. The number of H-pyrrole nitrogens is 1. The van der Waals surface area contributed by atoms with Gasteiger partial charge in [0.1, 0.15) is 19.5 Å². The molecule has 1 aliphatic heterocycles. The van der Waals surface area contributed by atoms with Gasteiger partial charge >= 0.3 is 6.18 Å². The highest BCUT2D eigenvalue weighted by molar-refractivity contribution is 6.99. The average Bonchev–Trinajstić information content (AvgIpc) is 3.04. The van der Waals surface area contributed by atoms with E-state index in [-0.39, 0.29) is 5.69 Å². The molecular formula is C15H14F3N3Si. The number of halogens is 3. The molecule has 0 unspecified atom stereocenters. The number of nitrogens with one attached hydrogen (secondary N) is 1. The minimum absolute atomic E-state index is 0.195. The summed E-state index contributed by atoms with van der Waals surface area (Å²) in [5.74, 6) is 0. The Bertz CT molecular complexity index is 772. The molecule has 2 aromatic rings. The van der Waals surface area contributed by atoms with Crippen molar-refractivity contribution in [3.63, 3.8) is 0 Å². The zero-order valence-corrected chi connectivity index (χ0v) is 13.1. The van der Waals surface area contributed by atoms with Gasteiger partial charge in [0.05, 0.1) is 5.69 Å². The molecule has 0 amide bonds. The summed E-state index contributed by atoms with van der Waals surface area (Å²) in [6, 6.07) is 4.66. The lowest BCUT2D eigenvalue weighted by atomic mass is 10.1. The second-order valence-corrected chi connectivity index (χ2v) is 10.1. The molecule has 7 heteroatoms. The van der Waals surface area contributed by atoms with E-state index in [9.17, 15) is 13.2 Å². The Balaban J connectivity index is 1.97. The molecule has 2 aromatic heterocycles. The van der Waals surface area contributed by atoms with Gasteiger partial charge in [0, 0.05) is 6.20 Å². The SMILES string of the molecule is C[Si]1(C)C=CC=C1c1ccnc(-c2cc(C(F)(F)F)[nH]n2)c1. The molecule has 3 rings (SSSR count). The number of pyridine rings is 1. The van der Waals surface area contributed by atoms with Gasteiger partial charge in [-0.25, -0.2) is 0 Å². The van der Waals surface area contributed by atoms with Crippen LogP contribution in [-0.4, -0.2) is 23.3 Å². The fourth-order valence-electron chi connectivity index (χ4n) is 2.49. The minimum Gasteiger partial charge on any atom is -0.273 e. The van der Waals surface area contributed by atoms with E-state index < -0.39 is 19.9 Å². The molecule has 22 heavy (non-hydrogen) atoms. The molecule has 0 aromatic carbocycles. The summed E-state index contributed by atoms with van der Waals surface area (Å²) in [5, 5.41) is 6.98. The maximum Gasteiger partial charge on any atom is 0.432 e. The van der Waals surface area contributed by atoms with Crippen LogP contribution in [-0.2, 0) is 6.18 Å². The fraction of sp³-hybridized carbons (Fsp3) is 0.200. The molecule has 1 N–H and O–H groups in total. The molecule has 0 spiro atoms. The first-order valence-corrected chi connectivity index (χ1v) is 9.84. The van der Waals surface area contributed by atoms with E-state index in [0.29, 0.717) is 5.69 Å². The molecule has 0 aliphatic carbocycles. The smallest absolute Gasteiger partial charge is 0.273 e. The van der Waals surface area contributed by atoms with Crippen LogP contribution in [0.15, 0.2) is 42.2 Å². The predicted octanol–water partition coefficient (Wildman–Crippen LogP) is 4.23. The molecule has 0 radical (unpaired) electrons. The van der Waals surface area contributed by atoms with Crippen LogP contribution in [0, 0.1) is 0 Å². The highest BCUT2D eigenvalue weighted by Crippen LogP contribution is 2.33. The standard InChI is InChI=1S/C15H14F3N3Si/c1-22(2)7-3-4-13(22)10-5-6-19-11(8-10)12-9-14(21-20-12)15(16,17)18/h3-9H,1-2H3,(H,20,21). The molecule has 0 saturated heterocycles. The summed E-state index contributed by atoms with van der Waals surface area (Å²) in [5.41, 5.74) is 2.97. The van der Waals surface area contributed by atoms with Gasteiger partial charge in [-0.3, -0.25) is 10.1 Å². The first-order chi connectivity index (χ1) is 10.3. The van der Waals surface area contributed by atoms with E-state index in [2.05, 4.69) is 35.0 Å². The Morgan fingerprint density at radius 3 is 2.50 bits per heavy atom. The van der Waals surface area contributed by atoms with Crippen LogP contribution in [0.3, 0.4) is 0 Å². The van der Waals surface area contributed by atoms with Crippen molar-refractivity contribution in [2.45, 2.75) is 19.3 Å². The Labute approximate surface area is 126 Å². The van der Waals surface area contributed by atoms with E-state index in [1.54, 1.807) is 12.3 Å². The Morgan fingerprint density at radius 1 is 1.14 bits per heavy atom. The second kappa shape index (κ2) is 4.94. The first-order valence-electron chi connectivity index (χ1n) is 6.77. The second-order valence-electron chi connectivity index (χ2n) is 5.76. The average molecular weight is 321 g/mol. The third-order valence-corrected chi connectivity index (χ3v) is 6.56. The van der Waals surface area contributed by atoms with Crippen molar-refractivity contribution in [3.05, 3.63) is 53.5 Å². The molecule has 0 fully saturated rings. The van der Waals surface area contributed by atoms with Crippen LogP contribution < -0.4 is 0 Å². The van der Waals surface area contributed by atoms with Gasteiger partial charge in [0.2, 0.25) is 0 Å². The van der Waals surface area contributed by atoms with Crippen molar-refractivity contribution in [1.82, 2.24) is 15.2 Å². The molecule has 0 saturated carbocycles. The summed E-state index contributed by atoms with van der Waals surface area (Å²) in [4.78, 5) is 4.14. The van der Waals surface area contributed by atoms with Gasteiger partial charge < -0.3 is 0 Å². The van der Waals surface area contributed by atoms with Gasteiger partial charge in [-0.1, -0.05) is 30.9 Å². The normalized spacial score (nSPS) is 16.9. The summed E-state index contributed by atoms with van der Waals surface area (Å²) in [6.07, 6.45) is 1.28. The van der Waals surface area contributed by atoms with Crippen LogP contribution in [0.1, 0.15) is 11.3 Å². The van der Waals surface area contributed by atoms with Crippen LogP contribution >= 0.6 is 0 Å². The Hall–Kier alpha value is -2.15. The highest BCUT2D eigenvalue weighted by Gasteiger charge is 2.33. The van der Waals surface area contributed by atoms with Gasteiger partial charge in [-0.15, -0.1) is 0 Å². The Kier molecular flexibility index (Phi) is 3.32. The van der Waals surface area contributed by atoms with Crippen LogP contribution in [0.5, 0.6) is 0 Å². The number of nitrogens with zero attached hydrogens (tertiary/aromatic N) is 2. The highest BCUT2D eigenvalue weighted by atomic mass is 28.3. The maximum absolute atomic E-state index is 12.6. The topological polar surface area (TPSA) is 41.6 Å². The van der Waals surface area contributed by atoms with E-state index in [1.165, 1.54) is 5.20 Å². The fourth-order valence-corrected chi connectivity index (χ4v) is 4.68. The third kappa shape index (κ3) is 2.63. The van der Waals surface area contributed by atoms with Crippen molar-refractivity contribution in [2.75, 3.05) is 0 Å². The van der Waals surface area contributed by atoms with Crippen LogP contribution in [0.4, 0.5) is 13.2 Å². The predicted molar refractivity (Wildman–Crippen MR) is 81.4 cm³/mol. The summed E-state index contributed by atoms with van der Waals surface area (Å²) in [6.45, 7) is 4.44. The zero-order chi connectivity index (χ0) is 16.0. The largest absolute Gasteiger partial charge is 0.432 e. The summed E-state index contributed by atoms with van der Waals surface area (Å²) >= 11 is 0. The van der Waals surface area contributed by atoms with E-state index in [4.69, 9.17) is 0 Å². The third-order valence-electron chi connectivity index (χ3n) is 3.69. The lowest BCUT2D eigenvalue weighted by Gasteiger charge is -2.18. The number of rotatable bonds is 2. The van der Waals surface area contributed by atoms with Gasteiger partial charge in [-0.2, -0.15) is 18.3 Å². The number of aromatic amines is 1. The van der Waals surface area contributed by atoms with E-state index in [1.807, 2.05) is 17.2 Å². The van der Waals surface area contributed by atoms with Crippen molar-refractivity contribution < 1.29 is 13.2 Å². The van der Waals surface area contributed by atoms with E-state index >= 15 is 0 Å². The number of allylic oxidation sites excluding steroid dienone is 2. The van der Waals surface area contributed by atoms with Crippen LogP contribution in [0.25, 0.3) is 16.6 Å². The van der Waals surface area contributed by atoms with Crippen molar-refractivity contribution in [1.29, 1.82) is 0 Å². The van der Waals surface area contributed by atoms with Crippen molar-refractivity contribution in [3.8, 4) is 11.4 Å². The number of alkyl halides is 3. The number of aromatic nitrogens is 3. The lowest BCUT2D eigenvalue weighted by molar-refractivity contribution is -0.141. The number of hydrogen-bond donors (Lipinski definition) is 1. The number of hydrogen-bond acceptors (Lipinski definition) is 2. The first kappa shape index (κ1) is 14.8. The van der Waals surface area contributed by atoms with E-state index in [0.717, 1.165) is 11.6 Å². The van der Waals surface area contributed by atoms with Gasteiger partial charge in [-0.05, 0) is 29.0 Å². The lowest BCUT2D eigenvalue weighted by Crippen LogP contribution is -2.22. The van der Waals surface area contributed by atoms with Crippen molar-refractivity contribution >= 4 is 13.3 Å². The quantitative estimate of drug-likeness (QED) is 0.841. The monoisotopic (exact) mass is 321 g/mol. The van der Waals surface area contributed by atoms with Crippen LogP contribution in [0.2, 0.25) is 13.1 Å². The molecule has 0 atom stereocenters. The molecule has 3 heterocycles. The maximum atomic E-state index is 12.6. The molecule has 0 bridgehead atoms.